The number of aromatic nitrogens is 4. The highest BCUT2D eigenvalue weighted by Crippen LogP contribution is 2.37. The lowest BCUT2D eigenvalue weighted by atomic mass is 9.97. The fourth-order valence-corrected chi connectivity index (χ4v) is 4.57. The minimum absolute atomic E-state index is 0.00294. The lowest BCUT2D eigenvalue weighted by Crippen LogP contribution is -2.42. The van der Waals surface area contributed by atoms with E-state index < -0.39 is 49.0 Å². The largest absolute Gasteiger partial charge is 0.437 e. The molecule has 0 saturated carbocycles. The maximum Gasteiger partial charge on any atom is 0.389 e. The molecule has 1 atom stereocenters. The van der Waals surface area contributed by atoms with Crippen LogP contribution in [0.2, 0.25) is 0 Å². The molecule has 228 valence electrons. The van der Waals surface area contributed by atoms with Crippen LogP contribution in [-0.2, 0) is 12.0 Å². The number of alkyl halides is 3. The van der Waals surface area contributed by atoms with E-state index in [0.717, 1.165) is 18.5 Å². The van der Waals surface area contributed by atoms with Gasteiger partial charge in [0.2, 0.25) is 12.1 Å². The van der Waals surface area contributed by atoms with E-state index in [2.05, 4.69) is 30.7 Å². The van der Waals surface area contributed by atoms with E-state index in [9.17, 15) is 27.2 Å². The predicted molar refractivity (Wildman–Crippen MR) is 150 cm³/mol. The second kappa shape index (κ2) is 11.5. The van der Waals surface area contributed by atoms with Crippen LogP contribution in [0.5, 0.6) is 0 Å². The minimum Gasteiger partial charge on any atom is -0.437 e. The summed E-state index contributed by atoms with van der Waals surface area (Å²) in [5, 5.41) is 8.65. The van der Waals surface area contributed by atoms with Crippen molar-refractivity contribution >= 4 is 22.9 Å². The number of nitrogens with zero attached hydrogens (tertiary/aromatic N) is 4. The molecule has 0 radical (unpaired) electrons. The standard InChI is InChI=1S/C30H26F4N6O4/c1-15-19(25(41)39-29(2,3)28-37-14-43-40-28)11-17(13-36-15)20-12-21-23(26(42)35-4)24(16-5-7-18(31)8-6-16)44-27(21)38-22(20)9-10-30(32,33)34/h5-8,11-14H,9-10H2,1-4H3,(H,35,42)(H,39,41)/i2D3. The number of amides is 2. The van der Waals surface area contributed by atoms with E-state index in [1.165, 1.54) is 51.4 Å². The number of carbonyl (C=O) groups is 2. The zero-order valence-corrected chi connectivity index (χ0v) is 23.5. The van der Waals surface area contributed by atoms with Crippen molar-refractivity contribution in [2.24, 2.45) is 0 Å². The average molecular weight is 614 g/mol. The van der Waals surface area contributed by atoms with Gasteiger partial charge in [-0.2, -0.15) is 18.2 Å². The number of furan rings is 1. The Morgan fingerprint density at radius 1 is 1.07 bits per heavy atom. The summed E-state index contributed by atoms with van der Waals surface area (Å²) in [4.78, 5) is 39.1. The van der Waals surface area contributed by atoms with Crippen LogP contribution in [0.4, 0.5) is 17.6 Å². The van der Waals surface area contributed by atoms with E-state index in [-0.39, 0.29) is 56.3 Å². The molecular weight excluding hydrogens is 584 g/mol. The molecule has 0 bridgehead atoms. The van der Waals surface area contributed by atoms with Gasteiger partial charge in [0.1, 0.15) is 11.6 Å². The van der Waals surface area contributed by atoms with Crippen LogP contribution >= 0.6 is 0 Å². The van der Waals surface area contributed by atoms with Crippen LogP contribution in [0.15, 0.2) is 57.9 Å². The van der Waals surface area contributed by atoms with Gasteiger partial charge < -0.3 is 19.6 Å². The van der Waals surface area contributed by atoms with Crippen molar-refractivity contribution in [2.75, 3.05) is 7.05 Å². The summed E-state index contributed by atoms with van der Waals surface area (Å²) in [6.45, 7) is -0.147. The number of hydrogen-bond donors (Lipinski definition) is 2. The van der Waals surface area contributed by atoms with Crippen molar-refractivity contribution in [1.82, 2.24) is 30.7 Å². The van der Waals surface area contributed by atoms with Gasteiger partial charge in [-0.1, -0.05) is 5.16 Å². The van der Waals surface area contributed by atoms with Gasteiger partial charge in [-0.05, 0) is 63.5 Å². The first-order valence-corrected chi connectivity index (χ1v) is 13.1. The third kappa shape index (κ3) is 6.14. The second-order valence-electron chi connectivity index (χ2n) is 10.0. The van der Waals surface area contributed by atoms with Crippen LogP contribution in [-0.4, -0.2) is 45.1 Å². The van der Waals surface area contributed by atoms with Gasteiger partial charge in [0.15, 0.2) is 5.82 Å². The number of pyridine rings is 2. The van der Waals surface area contributed by atoms with Crippen LogP contribution < -0.4 is 10.6 Å². The molecule has 1 aromatic carbocycles. The highest BCUT2D eigenvalue weighted by Gasteiger charge is 2.31. The number of hydrogen-bond acceptors (Lipinski definition) is 8. The van der Waals surface area contributed by atoms with Gasteiger partial charge in [0.05, 0.1) is 33.4 Å². The summed E-state index contributed by atoms with van der Waals surface area (Å²) in [6, 6.07) is 7.81. The van der Waals surface area contributed by atoms with Crippen molar-refractivity contribution in [3.63, 3.8) is 0 Å². The van der Waals surface area contributed by atoms with Crippen LogP contribution in [0.3, 0.4) is 0 Å². The van der Waals surface area contributed by atoms with Gasteiger partial charge in [-0.15, -0.1) is 0 Å². The SMILES string of the molecule is [2H]C([2H])([2H])C(C)(NC(=O)c1cc(-c2cc3c(C(=O)NC)c(-c4ccc(F)cc4)oc3nc2CCC(F)(F)F)cnc1C)c1ncon1. The molecule has 14 heteroatoms. The topological polar surface area (TPSA) is 136 Å². The number of carbonyl (C=O) groups excluding carboxylic acids is 2. The number of benzene rings is 1. The third-order valence-corrected chi connectivity index (χ3v) is 6.78. The molecule has 0 saturated heterocycles. The fraction of sp³-hybridized carbons (Fsp3) is 0.267. The van der Waals surface area contributed by atoms with E-state index in [4.69, 9.17) is 13.1 Å². The van der Waals surface area contributed by atoms with Crippen molar-refractivity contribution < 1.29 is 40.2 Å². The Hall–Kier alpha value is -5.14. The van der Waals surface area contributed by atoms with Crippen LogP contribution in [0.1, 0.15) is 62.2 Å². The van der Waals surface area contributed by atoms with E-state index in [1.807, 2.05) is 0 Å². The number of nitrogens with one attached hydrogen (secondary N) is 2. The Balaban J connectivity index is 1.68. The molecule has 5 aromatic rings. The van der Waals surface area contributed by atoms with Crippen molar-refractivity contribution in [1.29, 1.82) is 0 Å². The van der Waals surface area contributed by atoms with Crippen molar-refractivity contribution in [3.05, 3.63) is 83.1 Å². The fourth-order valence-electron chi connectivity index (χ4n) is 4.57. The molecule has 0 aliphatic heterocycles. The molecule has 5 rings (SSSR count). The monoisotopic (exact) mass is 613 g/mol. The normalized spacial score (nSPS) is 14.4. The first kappa shape index (κ1) is 26.5. The Morgan fingerprint density at radius 3 is 2.45 bits per heavy atom. The average Bonchev–Trinajstić information content (AvgIpc) is 3.68. The molecule has 0 spiro atoms. The molecule has 4 heterocycles. The Morgan fingerprint density at radius 2 is 1.82 bits per heavy atom. The zero-order valence-electron chi connectivity index (χ0n) is 26.5. The second-order valence-corrected chi connectivity index (χ2v) is 10.0. The molecule has 2 amide bonds. The van der Waals surface area contributed by atoms with E-state index in [0.29, 0.717) is 5.56 Å². The third-order valence-electron chi connectivity index (χ3n) is 6.78. The Kier molecular flexibility index (Phi) is 6.93. The van der Waals surface area contributed by atoms with Crippen LogP contribution in [0.25, 0.3) is 33.6 Å². The van der Waals surface area contributed by atoms with Gasteiger partial charge in [0.25, 0.3) is 11.8 Å². The lowest BCUT2D eigenvalue weighted by molar-refractivity contribution is -0.134. The van der Waals surface area contributed by atoms with Crippen molar-refractivity contribution in [2.45, 2.75) is 45.3 Å². The minimum atomic E-state index is -4.55. The molecule has 0 aliphatic carbocycles. The molecule has 0 fully saturated rings. The highest BCUT2D eigenvalue weighted by atomic mass is 19.4. The summed E-state index contributed by atoms with van der Waals surface area (Å²) in [6.07, 6.45) is -4.17. The molecule has 0 aliphatic rings. The van der Waals surface area contributed by atoms with E-state index in [1.54, 1.807) is 0 Å². The summed E-state index contributed by atoms with van der Waals surface area (Å²) in [5.41, 5.74) is -1.67. The summed E-state index contributed by atoms with van der Waals surface area (Å²) >= 11 is 0. The van der Waals surface area contributed by atoms with Gasteiger partial charge in [-0.3, -0.25) is 14.6 Å². The Labute approximate surface area is 252 Å². The number of fused-ring (bicyclic) bond motifs is 1. The molecule has 1 unspecified atom stereocenters. The lowest BCUT2D eigenvalue weighted by Gasteiger charge is -2.23. The molecule has 10 nitrogen and oxygen atoms in total. The van der Waals surface area contributed by atoms with E-state index >= 15 is 0 Å². The van der Waals surface area contributed by atoms with Gasteiger partial charge in [-0.25, -0.2) is 9.37 Å². The Bertz CT molecular complexity index is 1960. The van der Waals surface area contributed by atoms with Crippen molar-refractivity contribution in [3.8, 4) is 22.5 Å². The maximum atomic E-state index is 13.7. The molecule has 44 heavy (non-hydrogen) atoms. The smallest absolute Gasteiger partial charge is 0.389 e. The first-order chi connectivity index (χ1) is 22.0. The van der Waals surface area contributed by atoms with Crippen LogP contribution in [0, 0.1) is 12.7 Å². The molecule has 4 aromatic heterocycles. The van der Waals surface area contributed by atoms with Gasteiger partial charge in [0, 0.05) is 40.5 Å². The quantitative estimate of drug-likeness (QED) is 0.206. The molecule has 2 N–H and O–H groups in total. The molecular formula is C30H26F4N6O4. The van der Waals surface area contributed by atoms with Gasteiger partial charge >= 0.3 is 6.18 Å². The summed E-state index contributed by atoms with van der Waals surface area (Å²) < 4.78 is 88.5. The maximum absolute atomic E-state index is 13.7. The first-order valence-electron chi connectivity index (χ1n) is 14.6. The highest BCUT2D eigenvalue weighted by molar-refractivity contribution is 6.11. The number of rotatable bonds is 8. The summed E-state index contributed by atoms with van der Waals surface area (Å²) in [7, 11) is 1.37. The summed E-state index contributed by atoms with van der Waals surface area (Å²) in [5.74, 6) is -2.33. The number of aryl methyl sites for hydroxylation is 2. The predicted octanol–water partition coefficient (Wildman–Crippen LogP) is 5.91. The number of halogens is 4. The zero-order chi connectivity index (χ0) is 34.3.